The van der Waals surface area contributed by atoms with Crippen LogP contribution in [0.5, 0.6) is 0 Å². The molecule has 0 aromatic carbocycles. The molecule has 0 unspecified atom stereocenters. The van der Waals surface area contributed by atoms with E-state index in [1.807, 2.05) is 24.1 Å². The molecule has 5 heteroatoms. The van der Waals surface area contributed by atoms with E-state index >= 15 is 0 Å². The summed E-state index contributed by atoms with van der Waals surface area (Å²) in [5, 5.41) is 8.70. The van der Waals surface area contributed by atoms with Gasteiger partial charge in [0, 0.05) is 30.2 Å². The van der Waals surface area contributed by atoms with E-state index in [1.54, 1.807) is 11.3 Å². The van der Waals surface area contributed by atoms with Gasteiger partial charge in [-0.3, -0.25) is 4.68 Å². The Kier molecular flexibility index (Phi) is 4.14. The Bertz CT molecular complexity index is 513. The first kappa shape index (κ1) is 13.2. The van der Waals surface area contributed by atoms with E-state index in [9.17, 15) is 0 Å². The highest BCUT2D eigenvalue weighted by Crippen LogP contribution is 2.27. The van der Waals surface area contributed by atoms with Crippen LogP contribution in [0.2, 0.25) is 0 Å². The van der Waals surface area contributed by atoms with Gasteiger partial charge >= 0.3 is 0 Å². The third kappa shape index (κ3) is 3.17. The van der Waals surface area contributed by atoms with Crippen molar-refractivity contribution in [1.29, 1.82) is 0 Å². The molecule has 2 aromatic heterocycles. The minimum absolute atomic E-state index is 0.677. The van der Waals surface area contributed by atoms with E-state index in [2.05, 4.69) is 36.2 Å². The van der Waals surface area contributed by atoms with Crippen molar-refractivity contribution in [2.24, 2.45) is 13.0 Å². The third-order valence-electron chi connectivity index (χ3n) is 2.68. The van der Waals surface area contributed by atoms with Crippen molar-refractivity contribution in [3.05, 3.63) is 23.0 Å². The van der Waals surface area contributed by atoms with Crippen LogP contribution in [0.15, 0.2) is 12.4 Å². The van der Waals surface area contributed by atoms with Crippen molar-refractivity contribution in [3.8, 4) is 10.6 Å². The second-order valence-corrected chi connectivity index (χ2v) is 6.04. The maximum absolute atomic E-state index is 4.62. The fourth-order valence-corrected chi connectivity index (χ4v) is 2.73. The van der Waals surface area contributed by atoms with Gasteiger partial charge in [-0.2, -0.15) is 5.10 Å². The van der Waals surface area contributed by atoms with Crippen LogP contribution in [0.1, 0.15) is 24.4 Å². The molecule has 98 valence electrons. The van der Waals surface area contributed by atoms with Crippen molar-refractivity contribution in [2.45, 2.75) is 27.3 Å². The largest absolute Gasteiger partial charge is 0.312 e. The van der Waals surface area contributed by atoms with Gasteiger partial charge in [0.15, 0.2) is 0 Å². The first-order chi connectivity index (χ1) is 8.56. The molecule has 2 rings (SSSR count). The summed E-state index contributed by atoms with van der Waals surface area (Å²) in [6.45, 7) is 8.45. The molecule has 0 radical (unpaired) electrons. The van der Waals surface area contributed by atoms with Gasteiger partial charge in [-0.25, -0.2) is 4.98 Å². The van der Waals surface area contributed by atoms with Gasteiger partial charge in [0.25, 0.3) is 0 Å². The molecule has 0 spiro atoms. The molecule has 4 nitrogen and oxygen atoms in total. The van der Waals surface area contributed by atoms with Crippen molar-refractivity contribution in [3.63, 3.8) is 0 Å². The summed E-state index contributed by atoms with van der Waals surface area (Å²) in [6.07, 6.45) is 3.87. The fourth-order valence-electron chi connectivity index (χ4n) is 1.72. The summed E-state index contributed by atoms with van der Waals surface area (Å²) < 4.78 is 1.81. The number of hydrogen-bond acceptors (Lipinski definition) is 4. The summed E-state index contributed by atoms with van der Waals surface area (Å²) in [6, 6.07) is 0. The lowest BCUT2D eigenvalue weighted by molar-refractivity contribution is 0.554. The maximum atomic E-state index is 4.62. The maximum Gasteiger partial charge on any atom is 0.127 e. The molecule has 0 aliphatic heterocycles. The molecule has 0 saturated carbocycles. The number of aryl methyl sites for hydroxylation is 2. The first-order valence-electron chi connectivity index (χ1n) is 6.22. The van der Waals surface area contributed by atoms with Gasteiger partial charge < -0.3 is 5.32 Å². The minimum Gasteiger partial charge on any atom is -0.312 e. The van der Waals surface area contributed by atoms with Gasteiger partial charge in [0.1, 0.15) is 5.01 Å². The average Bonchev–Trinajstić information content (AvgIpc) is 2.86. The topological polar surface area (TPSA) is 42.7 Å². The predicted molar refractivity (Wildman–Crippen MR) is 75.6 cm³/mol. The van der Waals surface area contributed by atoms with Crippen LogP contribution in [-0.2, 0) is 13.6 Å². The highest BCUT2D eigenvalue weighted by molar-refractivity contribution is 7.15. The number of aromatic nitrogens is 3. The molecule has 0 bridgehead atoms. The van der Waals surface area contributed by atoms with E-state index < -0.39 is 0 Å². The molecule has 0 atom stereocenters. The molecule has 2 heterocycles. The van der Waals surface area contributed by atoms with Crippen LogP contribution in [0, 0.1) is 12.8 Å². The molecule has 1 N–H and O–H groups in total. The van der Waals surface area contributed by atoms with Crippen molar-refractivity contribution in [2.75, 3.05) is 6.54 Å². The normalized spacial score (nSPS) is 11.4. The van der Waals surface area contributed by atoms with E-state index in [0.29, 0.717) is 5.92 Å². The second-order valence-electron chi connectivity index (χ2n) is 4.96. The van der Waals surface area contributed by atoms with E-state index in [-0.39, 0.29) is 0 Å². The summed E-state index contributed by atoms with van der Waals surface area (Å²) in [5.74, 6) is 0.677. The lowest BCUT2D eigenvalue weighted by Crippen LogP contribution is -2.18. The van der Waals surface area contributed by atoms with Crippen molar-refractivity contribution >= 4 is 11.3 Å². The molecule has 0 amide bonds. The Morgan fingerprint density at radius 2 is 2.22 bits per heavy atom. The molecule has 18 heavy (non-hydrogen) atoms. The zero-order chi connectivity index (χ0) is 13.1. The molecule has 0 aliphatic rings. The smallest absolute Gasteiger partial charge is 0.127 e. The van der Waals surface area contributed by atoms with Crippen LogP contribution in [0.25, 0.3) is 10.6 Å². The number of thiazole rings is 1. The van der Waals surface area contributed by atoms with E-state index in [0.717, 1.165) is 29.4 Å². The standard InChI is InChI=1S/C13H20N4S/c1-9(2)5-14-7-12-10(3)16-13(18-12)11-6-15-17(4)8-11/h6,8-9,14H,5,7H2,1-4H3. The average molecular weight is 264 g/mol. The van der Waals surface area contributed by atoms with Crippen molar-refractivity contribution in [1.82, 2.24) is 20.1 Å². The molecule has 0 saturated heterocycles. The van der Waals surface area contributed by atoms with Gasteiger partial charge in [-0.05, 0) is 19.4 Å². The zero-order valence-corrected chi connectivity index (χ0v) is 12.2. The van der Waals surface area contributed by atoms with Crippen LogP contribution in [0.4, 0.5) is 0 Å². The summed E-state index contributed by atoms with van der Waals surface area (Å²) in [5.41, 5.74) is 2.22. The Morgan fingerprint density at radius 1 is 1.44 bits per heavy atom. The minimum atomic E-state index is 0.677. The zero-order valence-electron chi connectivity index (χ0n) is 11.4. The summed E-state index contributed by atoms with van der Waals surface area (Å²) in [7, 11) is 1.93. The van der Waals surface area contributed by atoms with Gasteiger partial charge in [0.05, 0.1) is 11.9 Å². The van der Waals surface area contributed by atoms with Crippen LogP contribution in [0.3, 0.4) is 0 Å². The lowest BCUT2D eigenvalue weighted by Gasteiger charge is -2.05. The van der Waals surface area contributed by atoms with Crippen LogP contribution < -0.4 is 5.32 Å². The highest BCUT2D eigenvalue weighted by atomic mass is 32.1. The third-order valence-corrected chi connectivity index (χ3v) is 3.89. The van der Waals surface area contributed by atoms with E-state index in [1.165, 1.54) is 4.88 Å². The van der Waals surface area contributed by atoms with Gasteiger partial charge in [-0.1, -0.05) is 13.8 Å². The Hall–Kier alpha value is -1.20. The molecule has 0 fully saturated rings. The van der Waals surface area contributed by atoms with E-state index in [4.69, 9.17) is 0 Å². The van der Waals surface area contributed by atoms with Crippen molar-refractivity contribution < 1.29 is 0 Å². The fraction of sp³-hybridized carbons (Fsp3) is 0.538. The van der Waals surface area contributed by atoms with Gasteiger partial charge in [-0.15, -0.1) is 11.3 Å². The second kappa shape index (κ2) is 5.63. The first-order valence-corrected chi connectivity index (χ1v) is 7.04. The quantitative estimate of drug-likeness (QED) is 0.902. The molecule has 2 aromatic rings. The Balaban J connectivity index is 2.07. The summed E-state index contributed by atoms with van der Waals surface area (Å²) >= 11 is 1.75. The lowest BCUT2D eigenvalue weighted by atomic mass is 10.2. The van der Waals surface area contributed by atoms with Crippen LogP contribution >= 0.6 is 11.3 Å². The monoisotopic (exact) mass is 264 g/mol. The molecular formula is C13H20N4S. The number of rotatable bonds is 5. The molecule has 0 aliphatic carbocycles. The Morgan fingerprint density at radius 3 is 2.83 bits per heavy atom. The van der Waals surface area contributed by atoms with Gasteiger partial charge in [0.2, 0.25) is 0 Å². The van der Waals surface area contributed by atoms with Crippen LogP contribution in [-0.4, -0.2) is 21.3 Å². The Labute approximate surface area is 112 Å². The predicted octanol–water partition coefficient (Wildman–Crippen LogP) is 2.60. The highest BCUT2D eigenvalue weighted by Gasteiger charge is 2.10. The number of hydrogen-bond donors (Lipinski definition) is 1. The summed E-state index contributed by atoms with van der Waals surface area (Å²) in [4.78, 5) is 5.93. The molecular weight excluding hydrogens is 244 g/mol. The SMILES string of the molecule is Cc1nc(-c2cnn(C)c2)sc1CNCC(C)C. The number of nitrogens with zero attached hydrogens (tertiary/aromatic N) is 3. The number of nitrogens with one attached hydrogen (secondary N) is 1.